The third-order valence-corrected chi connectivity index (χ3v) is 3.77. The van der Waals surface area contributed by atoms with Crippen molar-refractivity contribution in [2.24, 2.45) is 0 Å². The first kappa shape index (κ1) is 14.1. The van der Waals surface area contributed by atoms with Gasteiger partial charge in [-0.05, 0) is 25.1 Å². The summed E-state index contributed by atoms with van der Waals surface area (Å²) in [5.41, 5.74) is 1.87. The van der Waals surface area contributed by atoms with Gasteiger partial charge in [-0.2, -0.15) is 0 Å². The molecule has 1 heterocycles. The van der Waals surface area contributed by atoms with Crippen LogP contribution in [0.4, 0.5) is 0 Å². The van der Waals surface area contributed by atoms with Crippen LogP contribution in [0.25, 0.3) is 0 Å². The fourth-order valence-electron chi connectivity index (χ4n) is 1.44. The van der Waals surface area contributed by atoms with E-state index in [1.807, 2.05) is 19.1 Å². The molecule has 0 atom stereocenters. The molecule has 0 saturated carbocycles. The maximum atomic E-state index is 11.6. The third kappa shape index (κ3) is 4.80. The Balaban J connectivity index is 2.61. The van der Waals surface area contributed by atoms with Gasteiger partial charge >= 0.3 is 0 Å². The van der Waals surface area contributed by atoms with Crippen molar-refractivity contribution in [2.75, 3.05) is 19.3 Å². The van der Waals surface area contributed by atoms with Gasteiger partial charge in [-0.15, -0.1) is 0 Å². The smallest absolute Gasteiger partial charge is 0.213 e. The minimum absolute atomic E-state index is 0.0811. The number of nitrogens with one attached hydrogen (secondary N) is 2. The number of rotatable bonds is 7. The van der Waals surface area contributed by atoms with E-state index >= 15 is 0 Å². The van der Waals surface area contributed by atoms with Crippen LogP contribution in [-0.2, 0) is 23.0 Å². The molecule has 0 spiro atoms. The molecule has 0 unspecified atom stereocenters. The van der Waals surface area contributed by atoms with Gasteiger partial charge in [0, 0.05) is 12.7 Å². The average Bonchev–Trinajstić information content (AvgIpc) is 2.34. The Morgan fingerprint density at radius 1 is 1.41 bits per heavy atom. The van der Waals surface area contributed by atoms with Crippen LogP contribution in [0.3, 0.4) is 0 Å². The predicted octanol–water partition coefficient (Wildman–Crippen LogP) is 0.283. The zero-order valence-corrected chi connectivity index (χ0v) is 11.0. The second kappa shape index (κ2) is 6.68. The lowest BCUT2D eigenvalue weighted by Gasteiger charge is -2.08. The van der Waals surface area contributed by atoms with Gasteiger partial charge in [0.25, 0.3) is 0 Å². The van der Waals surface area contributed by atoms with Crippen molar-refractivity contribution in [3.8, 4) is 0 Å². The van der Waals surface area contributed by atoms with Crippen LogP contribution in [0.15, 0.2) is 18.3 Å². The topological polar surface area (TPSA) is 71.1 Å². The van der Waals surface area contributed by atoms with E-state index < -0.39 is 10.0 Å². The normalized spacial score (nSPS) is 11.6. The quantitative estimate of drug-likeness (QED) is 0.736. The van der Waals surface area contributed by atoms with Crippen LogP contribution in [0.5, 0.6) is 0 Å². The molecule has 0 aliphatic rings. The maximum Gasteiger partial charge on any atom is 0.213 e. The van der Waals surface area contributed by atoms with Crippen molar-refractivity contribution in [3.05, 3.63) is 29.6 Å². The molecule has 0 aromatic carbocycles. The molecule has 0 saturated heterocycles. The Labute approximate surface area is 103 Å². The fourth-order valence-corrected chi connectivity index (χ4v) is 2.41. The van der Waals surface area contributed by atoms with E-state index in [1.165, 1.54) is 0 Å². The molecule has 17 heavy (non-hydrogen) atoms. The highest BCUT2D eigenvalue weighted by atomic mass is 32.2. The summed E-state index contributed by atoms with van der Waals surface area (Å²) in [6, 6.07) is 3.82. The van der Waals surface area contributed by atoms with Gasteiger partial charge < -0.3 is 5.32 Å². The maximum absolute atomic E-state index is 11.6. The van der Waals surface area contributed by atoms with E-state index in [4.69, 9.17) is 0 Å². The molecule has 1 aromatic heterocycles. The summed E-state index contributed by atoms with van der Waals surface area (Å²) in [5, 5.41) is 2.81. The number of nitrogens with zero attached hydrogens (tertiary/aromatic N) is 1. The van der Waals surface area contributed by atoms with Crippen molar-refractivity contribution in [3.63, 3.8) is 0 Å². The number of pyridine rings is 1. The summed E-state index contributed by atoms with van der Waals surface area (Å²) in [6.07, 6.45) is 2.53. The van der Waals surface area contributed by atoms with Crippen LogP contribution < -0.4 is 10.0 Å². The van der Waals surface area contributed by atoms with Crippen molar-refractivity contribution >= 4 is 10.0 Å². The standard InChI is InChI=1S/C11H19N3O2S/c1-3-10-5-4-6-13-11(10)9-14-17(15,16)8-7-12-2/h4-6,12,14H,3,7-9H2,1-2H3. The van der Waals surface area contributed by atoms with E-state index in [2.05, 4.69) is 15.0 Å². The monoisotopic (exact) mass is 257 g/mol. The first-order valence-electron chi connectivity index (χ1n) is 5.63. The van der Waals surface area contributed by atoms with E-state index in [-0.39, 0.29) is 12.3 Å². The van der Waals surface area contributed by atoms with Crippen molar-refractivity contribution in [1.29, 1.82) is 0 Å². The molecule has 0 aliphatic heterocycles. The molecule has 0 aliphatic carbocycles. The van der Waals surface area contributed by atoms with Gasteiger partial charge in [0.1, 0.15) is 0 Å². The van der Waals surface area contributed by atoms with Gasteiger partial charge in [0.2, 0.25) is 10.0 Å². The lowest BCUT2D eigenvalue weighted by molar-refractivity contribution is 0.577. The molecule has 6 heteroatoms. The Bertz CT molecular complexity index is 446. The summed E-state index contributed by atoms with van der Waals surface area (Å²) in [5.74, 6) is 0.0811. The fraction of sp³-hybridized carbons (Fsp3) is 0.545. The largest absolute Gasteiger partial charge is 0.319 e. The molecule has 96 valence electrons. The summed E-state index contributed by atoms with van der Waals surface area (Å²) in [7, 11) is -1.49. The number of hydrogen-bond acceptors (Lipinski definition) is 4. The number of aryl methyl sites for hydroxylation is 1. The summed E-state index contributed by atoms with van der Waals surface area (Å²) in [6.45, 7) is 2.73. The highest BCUT2D eigenvalue weighted by molar-refractivity contribution is 7.89. The SMILES string of the molecule is CCc1cccnc1CNS(=O)(=O)CCNC. The van der Waals surface area contributed by atoms with Crippen LogP contribution in [0.2, 0.25) is 0 Å². The number of aromatic nitrogens is 1. The van der Waals surface area contributed by atoms with Crippen molar-refractivity contribution < 1.29 is 8.42 Å². The Kier molecular flexibility index (Phi) is 5.54. The lowest BCUT2D eigenvalue weighted by Crippen LogP contribution is -2.31. The predicted molar refractivity (Wildman–Crippen MR) is 68.2 cm³/mol. The molecule has 1 rings (SSSR count). The Morgan fingerprint density at radius 2 is 2.18 bits per heavy atom. The molecular weight excluding hydrogens is 238 g/mol. The average molecular weight is 257 g/mol. The zero-order valence-electron chi connectivity index (χ0n) is 10.2. The molecular formula is C11H19N3O2S. The minimum Gasteiger partial charge on any atom is -0.319 e. The van der Waals surface area contributed by atoms with Crippen LogP contribution in [0, 0.1) is 0 Å². The second-order valence-electron chi connectivity index (χ2n) is 3.71. The van der Waals surface area contributed by atoms with Gasteiger partial charge in [-0.25, -0.2) is 13.1 Å². The van der Waals surface area contributed by atoms with Crippen LogP contribution >= 0.6 is 0 Å². The minimum atomic E-state index is -3.22. The molecule has 2 N–H and O–H groups in total. The first-order chi connectivity index (χ1) is 8.09. The van der Waals surface area contributed by atoms with E-state index in [9.17, 15) is 8.42 Å². The van der Waals surface area contributed by atoms with Crippen molar-refractivity contribution in [2.45, 2.75) is 19.9 Å². The Hall–Kier alpha value is -0.980. The van der Waals surface area contributed by atoms with Gasteiger partial charge in [0.15, 0.2) is 0 Å². The van der Waals surface area contributed by atoms with Gasteiger partial charge in [-0.3, -0.25) is 4.98 Å². The molecule has 1 aromatic rings. The molecule has 5 nitrogen and oxygen atoms in total. The molecule has 0 bridgehead atoms. The van der Waals surface area contributed by atoms with Crippen LogP contribution in [0.1, 0.15) is 18.2 Å². The van der Waals surface area contributed by atoms with Gasteiger partial charge in [-0.1, -0.05) is 13.0 Å². The van der Waals surface area contributed by atoms with E-state index in [0.29, 0.717) is 6.54 Å². The third-order valence-electron chi connectivity index (χ3n) is 2.45. The first-order valence-corrected chi connectivity index (χ1v) is 7.29. The summed E-state index contributed by atoms with van der Waals surface area (Å²) < 4.78 is 25.7. The summed E-state index contributed by atoms with van der Waals surface area (Å²) >= 11 is 0. The number of hydrogen-bond donors (Lipinski definition) is 2. The van der Waals surface area contributed by atoms with E-state index in [1.54, 1.807) is 13.2 Å². The zero-order chi connectivity index (χ0) is 12.7. The highest BCUT2D eigenvalue weighted by Crippen LogP contribution is 2.06. The molecule has 0 fully saturated rings. The molecule has 0 radical (unpaired) electrons. The number of sulfonamides is 1. The lowest BCUT2D eigenvalue weighted by atomic mass is 10.1. The second-order valence-corrected chi connectivity index (χ2v) is 5.63. The van der Waals surface area contributed by atoms with E-state index in [0.717, 1.165) is 17.7 Å². The van der Waals surface area contributed by atoms with Gasteiger partial charge in [0.05, 0.1) is 18.0 Å². The summed E-state index contributed by atoms with van der Waals surface area (Å²) in [4.78, 5) is 4.19. The Morgan fingerprint density at radius 3 is 2.82 bits per heavy atom. The highest BCUT2D eigenvalue weighted by Gasteiger charge is 2.10. The molecule has 0 amide bonds. The van der Waals surface area contributed by atoms with Crippen LogP contribution in [-0.4, -0.2) is 32.7 Å². The van der Waals surface area contributed by atoms with Crippen molar-refractivity contribution in [1.82, 2.24) is 15.0 Å².